The first-order chi connectivity index (χ1) is 34.7. The molecule has 70 heavy (non-hydrogen) atoms. The number of fused-ring (bicyclic) bond motifs is 11. The van der Waals surface area contributed by atoms with E-state index in [0.717, 1.165) is 66.1 Å². The van der Waals surface area contributed by atoms with Crippen LogP contribution < -0.4 is 0 Å². The molecular weight excluding hydrogens is 849 g/mol. The molecule has 2 aromatic heterocycles. The Bertz CT molecular complexity index is 4650. The van der Waals surface area contributed by atoms with Gasteiger partial charge in [0, 0.05) is 21.5 Å². The Morgan fingerprint density at radius 3 is 1.04 bits per heavy atom. The van der Waals surface area contributed by atoms with Crippen molar-refractivity contribution >= 4 is 97.7 Å². The summed E-state index contributed by atoms with van der Waals surface area (Å²) in [5.41, 5.74) is 15.5. The van der Waals surface area contributed by atoms with Gasteiger partial charge < -0.3 is 8.83 Å². The first-order valence-electron chi connectivity index (χ1n) is 24.1. The normalized spacial score (nSPS) is 12.0. The van der Waals surface area contributed by atoms with Crippen LogP contribution in [0.1, 0.15) is 0 Å². The standard InChI is InChI=1S/C68H40O2/c1-2-15-42(16-3-1)65-51-20-6-8-22-53(51)67(47-30-34-63-57(39-47)49-18-10-12-24-61(49)69-63)59-37-44(28-32-55(59)65)45-29-33-56-60(38-45)68(48-31-35-64-58(40-48)50-19-11-13-25-62(50)70-64)54-23-9-7-21-52(54)66(56)46-27-26-41-14-4-5-17-43(41)36-46/h1-40H. The van der Waals surface area contributed by atoms with E-state index >= 15 is 0 Å². The summed E-state index contributed by atoms with van der Waals surface area (Å²) in [4.78, 5) is 0. The molecule has 2 heterocycles. The predicted octanol–water partition coefficient (Wildman–Crippen LogP) is 19.6. The molecule has 324 valence electrons. The van der Waals surface area contributed by atoms with Gasteiger partial charge in [0.1, 0.15) is 22.3 Å². The summed E-state index contributed by atoms with van der Waals surface area (Å²) in [7, 11) is 0. The third-order valence-corrected chi connectivity index (χ3v) is 14.8. The Labute approximate surface area is 402 Å². The van der Waals surface area contributed by atoms with E-state index in [1.54, 1.807) is 0 Å². The first-order valence-corrected chi connectivity index (χ1v) is 24.1. The smallest absolute Gasteiger partial charge is 0.135 e. The highest BCUT2D eigenvalue weighted by Gasteiger charge is 2.22. The fraction of sp³-hybridized carbons (Fsp3) is 0. The van der Waals surface area contributed by atoms with Gasteiger partial charge in [0.05, 0.1) is 0 Å². The van der Waals surface area contributed by atoms with Crippen molar-refractivity contribution in [2.75, 3.05) is 0 Å². The molecule has 0 saturated heterocycles. The summed E-state index contributed by atoms with van der Waals surface area (Å²) in [5, 5.41) is 16.7. The Kier molecular flexibility index (Phi) is 8.39. The SMILES string of the molecule is c1ccc(-c2c3ccccc3c(-c3ccc4oc5ccccc5c4c3)c3cc(-c4ccc5c(-c6ccc7ccccc7c6)c6ccccc6c(-c6ccc7oc8ccccc8c7c6)c5c4)ccc23)cc1. The van der Waals surface area contributed by atoms with E-state index < -0.39 is 0 Å². The van der Waals surface area contributed by atoms with Crippen molar-refractivity contribution in [2.45, 2.75) is 0 Å². The van der Waals surface area contributed by atoms with Crippen LogP contribution in [0.15, 0.2) is 251 Å². The second-order valence-electron chi connectivity index (χ2n) is 18.7. The summed E-state index contributed by atoms with van der Waals surface area (Å²) in [6, 6.07) is 88.8. The number of benzene rings is 13. The van der Waals surface area contributed by atoms with Crippen molar-refractivity contribution in [2.24, 2.45) is 0 Å². The van der Waals surface area contributed by atoms with Gasteiger partial charge in [0.25, 0.3) is 0 Å². The van der Waals surface area contributed by atoms with Crippen LogP contribution in [-0.2, 0) is 0 Å². The molecule has 0 bridgehead atoms. The van der Waals surface area contributed by atoms with Crippen molar-refractivity contribution in [3.63, 3.8) is 0 Å². The van der Waals surface area contributed by atoms with E-state index in [-0.39, 0.29) is 0 Å². The highest BCUT2D eigenvalue weighted by Crippen LogP contribution is 2.49. The van der Waals surface area contributed by atoms with Crippen LogP contribution in [0.4, 0.5) is 0 Å². The second-order valence-corrected chi connectivity index (χ2v) is 18.7. The molecule has 0 fully saturated rings. The van der Waals surface area contributed by atoms with Crippen LogP contribution in [0.2, 0.25) is 0 Å². The summed E-state index contributed by atoms with van der Waals surface area (Å²) in [6.07, 6.45) is 0. The van der Waals surface area contributed by atoms with Crippen molar-refractivity contribution in [1.29, 1.82) is 0 Å². The molecule has 0 N–H and O–H groups in total. The van der Waals surface area contributed by atoms with Gasteiger partial charge in [-0.2, -0.15) is 0 Å². The molecule has 0 spiro atoms. The first kappa shape index (κ1) is 38.8. The molecule has 0 atom stereocenters. The van der Waals surface area contributed by atoms with Gasteiger partial charge in [-0.15, -0.1) is 0 Å². The van der Waals surface area contributed by atoms with Crippen molar-refractivity contribution in [3.8, 4) is 55.6 Å². The molecule has 13 aromatic carbocycles. The van der Waals surface area contributed by atoms with E-state index in [2.05, 4.69) is 231 Å². The highest BCUT2D eigenvalue weighted by molar-refractivity contribution is 6.25. The van der Waals surface area contributed by atoms with Gasteiger partial charge in [-0.3, -0.25) is 0 Å². The summed E-state index contributed by atoms with van der Waals surface area (Å²) >= 11 is 0. The monoisotopic (exact) mass is 888 g/mol. The maximum Gasteiger partial charge on any atom is 0.135 e. The molecule has 2 nitrogen and oxygen atoms in total. The lowest BCUT2D eigenvalue weighted by atomic mass is 9.83. The minimum Gasteiger partial charge on any atom is -0.456 e. The van der Waals surface area contributed by atoms with Gasteiger partial charge in [-0.05, 0) is 164 Å². The summed E-state index contributed by atoms with van der Waals surface area (Å²) in [6.45, 7) is 0. The zero-order valence-corrected chi connectivity index (χ0v) is 37.9. The molecule has 0 amide bonds. The average molecular weight is 889 g/mol. The fourth-order valence-corrected chi connectivity index (χ4v) is 11.7. The minimum absolute atomic E-state index is 0.890. The number of hydrogen-bond donors (Lipinski definition) is 0. The highest BCUT2D eigenvalue weighted by atomic mass is 16.3. The van der Waals surface area contributed by atoms with Crippen LogP contribution >= 0.6 is 0 Å². The van der Waals surface area contributed by atoms with E-state index in [1.165, 1.54) is 87.2 Å². The van der Waals surface area contributed by atoms with Gasteiger partial charge in [0.15, 0.2) is 0 Å². The van der Waals surface area contributed by atoms with Crippen LogP contribution in [-0.4, -0.2) is 0 Å². The molecule has 0 saturated carbocycles. The van der Waals surface area contributed by atoms with Crippen molar-refractivity contribution in [3.05, 3.63) is 243 Å². The zero-order chi connectivity index (χ0) is 45.9. The molecule has 0 radical (unpaired) electrons. The predicted molar refractivity (Wildman–Crippen MR) is 296 cm³/mol. The van der Waals surface area contributed by atoms with E-state index in [9.17, 15) is 0 Å². The Morgan fingerprint density at radius 1 is 0.171 bits per heavy atom. The van der Waals surface area contributed by atoms with Crippen LogP contribution in [0, 0.1) is 0 Å². The number of hydrogen-bond acceptors (Lipinski definition) is 2. The molecule has 0 aliphatic carbocycles. The second kappa shape index (κ2) is 15.1. The lowest BCUT2D eigenvalue weighted by molar-refractivity contribution is 0.668. The van der Waals surface area contributed by atoms with E-state index in [1.807, 2.05) is 12.1 Å². The topological polar surface area (TPSA) is 26.3 Å². The largest absolute Gasteiger partial charge is 0.456 e. The minimum atomic E-state index is 0.890. The number of para-hydroxylation sites is 2. The van der Waals surface area contributed by atoms with Crippen LogP contribution in [0.5, 0.6) is 0 Å². The van der Waals surface area contributed by atoms with Gasteiger partial charge in [-0.1, -0.05) is 188 Å². The lowest BCUT2D eigenvalue weighted by Gasteiger charge is -2.20. The molecule has 2 heteroatoms. The molecule has 0 unspecified atom stereocenters. The molecule has 15 rings (SSSR count). The van der Waals surface area contributed by atoms with Crippen LogP contribution in [0.3, 0.4) is 0 Å². The zero-order valence-electron chi connectivity index (χ0n) is 37.9. The third-order valence-electron chi connectivity index (χ3n) is 14.8. The molecule has 15 aromatic rings. The Morgan fingerprint density at radius 2 is 0.514 bits per heavy atom. The van der Waals surface area contributed by atoms with Gasteiger partial charge >= 0.3 is 0 Å². The quantitative estimate of drug-likeness (QED) is 0.161. The molecular formula is C68H40O2. The average Bonchev–Trinajstić information content (AvgIpc) is 3.99. The number of rotatable bonds is 5. The summed E-state index contributed by atoms with van der Waals surface area (Å²) in [5.74, 6) is 0. The van der Waals surface area contributed by atoms with Crippen LogP contribution in [0.25, 0.3) is 153 Å². The lowest BCUT2D eigenvalue weighted by Crippen LogP contribution is -1.93. The maximum absolute atomic E-state index is 6.38. The maximum atomic E-state index is 6.38. The molecule has 0 aliphatic rings. The third kappa shape index (κ3) is 5.87. The van der Waals surface area contributed by atoms with Crippen molar-refractivity contribution < 1.29 is 8.83 Å². The van der Waals surface area contributed by atoms with E-state index in [0.29, 0.717) is 0 Å². The van der Waals surface area contributed by atoms with Crippen molar-refractivity contribution in [1.82, 2.24) is 0 Å². The molecule has 0 aliphatic heterocycles. The Hall–Kier alpha value is -9.24. The van der Waals surface area contributed by atoms with E-state index in [4.69, 9.17) is 8.83 Å². The Balaban J connectivity index is 1.03. The van der Waals surface area contributed by atoms with Gasteiger partial charge in [0.2, 0.25) is 0 Å². The van der Waals surface area contributed by atoms with Gasteiger partial charge in [-0.25, -0.2) is 0 Å². The number of furan rings is 2. The summed E-state index contributed by atoms with van der Waals surface area (Å²) < 4.78 is 12.7. The fourth-order valence-electron chi connectivity index (χ4n) is 11.7.